The Morgan fingerprint density at radius 3 is 2.88 bits per heavy atom. The van der Waals surface area contributed by atoms with Crippen molar-refractivity contribution in [1.29, 1.82) is 0 Å². The van der Waals surface area contributed by atoms with E-state index in [9.17, 15) is 19.7 Å². The molecule has 1 aromatic carbocycles. The highest BCUT2D eigenvalue weighted by molar-refractivity contribution is 8.01. The van der Waals surface area contributed by atoms with E-state index in [0.717, 1.165) is 18.5 Å². The lowest BCUT2D eigenvalue weighted by Crippen LogP contribution is -2.30. The van der Waals surface area contributed by atoms with Crippen molar-refractivity contribution in [3.63, 3.8) is 0 Å². The molecular weight excluding hydrogens is 376 g/mol. The van der Waals surface area contributed by atoms with Gasteiger partial charge in [0, 0.05) is 23.6 Å². The molecule has 1 heterocycles. The second kappa shape index (κ2) is 7.96. The molecule has 0 aliphatic heterocycles. The Bertz CT molecular complexity index is 865. The van der Waals surface area contributed by atoms with Crippen LogP contribution in [0.2, 0.25) is 0 Å². The van der Waals surface area contributed by atoms with Crippen LogP contribution in [0.1, 0.15) is 41.7 Å². The number of esters is 1. The van der Waals surface area contributed by atoms with E-state index in [1.54, 1.807) is 0 Å². The smallest absolute Gasteiger partial charge is 0.339 e. The number of carbonyl (C=O) groups excluding carboxylic acids is 2. The van der Waals surface area contributed by atoms with E-state index >= 15 is 0 Å². The molecule has 0 bridgehead atoms. The number of aryl methyl sites for hydroxylation is 1. The molecule has 1 unspecified atom stereocenters. The molecule has 3 rings (SSSR count). The van der Waals surface area contributed by atoms with Crippen LogP contribution in [0.3, 0.4) is 0 Å². The zero-order chi connectivity index (χ0) is 18.7. The number of benzene rings is 1. The number of thiazole rings is 1. The van der Waals surface area contributed by atoms with E-state index in [-0.39, 0.29) is 17.0 Å². The Labute approximate surface area is 157 Å². The normalized spacial score (nSPS) is 17.1. The number of hydrogen-bond donors (Lipinski definition) is 0. The fourth-order valence-corrected chi connectivity index (χ4v) is 4.50. The number of nitrogens with zero attached hydrogens (tertiary/aromatic N) is 2. The van der Waals surface area contributed by atoms with Crippen LogP contribution in [0.15, 0.2) is 32.8 Å². The van der Waals surface area contributed by atoms with Gasteiger partial charge in [0.05, 0.1) is 15.4 Å². The highest BCUT2D eigenvalue weighted by Gasteiger charge is 2.27. The molecule has 2 aromatic rings. The van der Waals surface area contributed by atoms with Crippen LogP contribution >= 0.6 is 23.1 Å². The first-order valence-corrected chi connectivity index (χ1v) is 9.76. The van der Waals surface area contributed by atoms with Crippen LogP contribution in [-0.4, -0.2) is 27.8 Å². The molecule has 1 saturated carbocycles. The lowest BCUT2D eigenvalue weighted by molar-refractivity contribution is -0.387. The largest absolute Gasteiger partial charge is 0.451 e. The standard InChI is InChI=1S/C17H16N2O5S2/c1-10-9-25-17(18-10)26-15-7-6-11(8-12(15)19(22)23)16(21)24-14-5-3-2-4-13(14)20/h6-9,14H,2-5H2,1H3. The molecule has 0 radical (unpaired) electrons. The number of nitro benzene ring substituents is 1. The topological polar surface area (TPSA) is 99.4 Å². The number of hydrogen-bond acceptors (Lipinski definition) is 8. The highest BCUT2D eigenvalue weighted by Crippen LogP contribution is 2.37. The van der Waals surface area contributed by atoms with E-state index in [1.165, 1.54) is 41.3 Å². The third-order valence-corrected chi connectivity index (χ3v) is 6.06. The van der Waals surface area contributed by atoms with Crippen LogP contribution in [0.25, 0.3) is 0 Å². The second-order valence-corrected chi connectivity index (χ2v) is 8.05. The Kier molecular flexibility index (Phi) is 5.67. The molecule has 0 spiro atoms. The fourth-order valence-electron chi connectivity index (χ4n) is 2.62. The molecular formula is C17H16N2O5S2. The summed E-state index contributed by atoms with van der Waals surface area (Å²) >= 11 is 2.58. The van der Waals surface area contributed by atoms with Gasteiger partial charge >= 0.3 is 5.97 Å². The summed E-state index contributed by atoms with van der Waals surface area (Å²) in [4.78, 5) is 39.6. The Balaban J connectivity index is 1.80. The van der Waals surface area contributed by atoms with Crippen LogP contribution in [0.5, 0.6) is 0 Å². The molecule has 1 aromatic heterocycles. The quantitative estimate of drug-likeness (QED) is 0.427. The summed E-state index contributed by atoms with van der Waals surface area (Å²) in [5, 5.41) is 13.3. The highest BCUT2D eigenvalue weighted by atomic mass is 32.2. The van der Waals surface area contributed by atoms with Gasteiger partial charge in [-0.3, -0.25) is 14.9 Å². The van der Waals surface area contributed by atoms with Crippen molar-refractivity contribution >= 4 is 40.5 Å². The summed E-state index contributed by atoms with van der Waals surface area (Å²) in [6.07, 6.45) is 1.79. The summed E-state index contributed by atoms with van der Waals surface area (Å²) in [7, 11) is 0. The summed E-state index contributed by atoms with van der Waals surface area (Å²) in [5.41, 5.74) is 0.722. The molecule has 0 amide bonds. The van der Waals surface area contributed by atoms with E-state index in [4.69, 9.17) is 4.74 Å². The van der Waals surface area contributed by atoms with Gasteiger partial charge < -0.3 is 4.74 Å². The van der Waals surface area contributed by atoms with Gasteiger partial charge in [0.2, 0.25) is 0 Å². The second-order valence-electron chi connectivity index (χ2n) is 5.90. The number of ketones is 1. The fraction of sp³-hybridized carbons (Fsp3) is 0.353. The molecule has 1 atom stereocenters. The number of ether oxygens (including phenoxy) is 1. The first-order valence-electron chi connectivity index (χ1n) is 8.06. The Morgan fingerprint density at radius 2 is 2.23 bits per heavy atom. The van der Waals surface area contributed by atoms with Crippen molar-refractivity contribution in [3.05, 3.63) is 45.0 Å². The average Bonchev–Trinajstić information content (AvgIpc) is 3.02. The number of carbonyl (C=O) groups is 2. The van der Waals surface area contributed by atoms with Crippen LogP contribution in [0.4, 0.5) is 5.69 Å². The maximum Gasteiger partial charge on any atom is 0.339 e. The first-order chi connectivity index (χ1) is 12.4. The summed E-state index contributed by atoms with van der Waals surface area (Å²) in [5.74, 6) is -0.805. The Hall–Kier alpha value is -2.26. The van der Waals surface area contributed by atoms with Crippen LogP contribution in [0, 0.1) is 17.0 Å². The van der Waals surface area contributed by atoms with Gasteiger partial charge in [-0.2, -0.15) is 0 Å². The summed E-state index contributed by atoms with van der Waals surface area (Å²) < 4.78 is 5.95. The number of nitro groups is 1. The third-order valence-electron chi connectivity index (χ3n) is 3.93. The predicted octanol–water partition coefficient (Wildman–Crippen LogP) is 4.18. The Morgan fingerprint density at radius 1 is 1.42 bits per heavy atom. The van der Waals surface area contributed by atoms with Crippen LogP contribution in [-0.2, 0) is 9.53 Å². The van der Waals surface area contributed by atoms with Gasteiger partial charge in [0.1, 0.15) is 0 Å². The van der Waals surface area contributed by atoms with Gasteiger partial charge in [-0.1, -0.05) is 11.8 Å². The molecule has 7 nitrogen and oxygen atoms in total. The zero-order valence-corrected chi connectivity index (χ0v) is 15.6. The van der Waals surface area contributed by atoms with Gasteiger partial charge in [-0.05, 0) is 38.3 Å². The third kappa shape index (κ3) is 4.28. The molecule has 136 valence electrons. The van der Waals surface area contributed by atoms with Crippen molar-refractivity contribution in [2.75, 3.05) is 0 Å². The molecule has 9 heteroatoms. The van der Waals surface area contributed by atoms with Gasteiger partial charge in [0.25, 0.3) is 5.69 Å². The van der Waals surface area contributed by atoms with Gasteiger partial charge in [-0.25, -0.2) is 9.78 Å². The molecule has 26 heavy (non-hydrogen) atoms. The summed E-state index contributed by atoms with van der Waals surface area (Å²) in [6.45, 7) is 1.85. The number of Topliss-reactive ketones (excluding diaryl/α,β-unsaturated/α-hetero) is 1. The average molecular weight is 392 g/mol. The molecule has 1 fully saturated rings. The monoisotopic (exact) mass is 392 g/mol. The van der Waals surface area contributed by atoms with E-state index in [0.29, 0.717) is 22.1 Å². The predicted molar refractivity (Wildman–Crippen MR) is 96.7 cm³/mol. The van der Waals surface area contributed by atoms with Crippen LogP contribution < -0.4 is 0 Å². The van der Waals surface area contributed by atoms with Crippen molar-refractivity contribution in [3.8, 4) is 0 Å². The maximum atomic E-state index is 12.3. The minimum atomic E-state index is -0.748. The minimum Gasteiger partial charge on any atom is -0.451 e. The van der Waals surface area contributed by atoms with Crippen molar-refractivity contribution in [2.24, 2.45) is 0 Å². The van der Waals surface area contributed by atoms with E-state index in [2.05, 4.69) is 4.98 Å². The summed E-state index contributed by atoms with van der Waals surface area (Å²) in [6, 6.07) is 4.18. The van der Waals surface area contributed by atoms with Crippen molar-refractivity contribution in [2.45, 2.75) is 47.9 Å². The lowest BCUT2D eigenvalue weighted by atomic mass is 9.96. The first kappa shape index (κ1) is 18.5. The minimum absolute atomic E-state index is 0.0646. The molecule has 1 aliphatic rings. The van der Waals surface area contributed by atoms with Crippen molar-refractivity contribution < 1.29 is 19.2 Å². The van der Waals surface area contributed by atoms with Crippen molar-refractivity contribution in [1.82, 2.24) is 4.98 Å². The zero-order valence-electron chi connectivity index (χ0n) is 14.0. The lowest BCUT2D eigenvalue weighted by Gasteiger charge is -2.20. The van der Waals surface area contributed by atoms with Gasteiger partial charge in [-0.15, -0.1) is 11.3 Å². The number of aromatic nitrogens is 1. The molecule has 0 saturated heterocycles. The SMILES string of the molecule is Cc1csc(Sc2ccc(C(=O)OC3CCCCC3=O)cc2[N+](=O)[O-])n1. The molecule has 1 aliphatic carbocycles. The van der Waals surface area contributed by atoms with E-state index in [1.807, 2.05) is 12.3 Å². The maximum absolute atomic E-state index is 12.3. The molecule has 0 N–H and O–H groups in total. The van der Waals surface area contributed by atoms with E-state index < -0.39 is 17.0 Å². The van der Waals surface area contributed by atoms with Gasteiger partial charge in [0.15, 0.2) is 16.2 Å². The number of rotatable bonds is 5.